The molecule has 2 aromatic rings. The minimum absolute atomic E-state index is 0.179. The van der Waals surface area contributed by atoms with E-state index < -0.39 is 22.0 Å². The third-order valence-corrected chi connectivity index (χ3v) is 6.69. The largest absolute Gasteiger partial charge is 0.462 e. The molecule has 0 bridgehead atoms. The minimum atomic E-state index is -3.76. The number of amides is 1. The first-order valence-corrected chi connectivity index (χ1v) is 11.0. The van der Waals surface area contributed by atoms with Crippen LogP contribution in [-0.2, 0) is 19.6 Å². The minimum Gasteiger partial charge on any atom is -0.462 e. The lowest BCUT2D eigenvalue weighted by atomic mass is 10.0. The van der Waals surface area contributed by atoms with E-state index in [1.54, 1.807) is 49.4 Å². The molecule has 8 heteroatoms. The zero-order valence-electron chi connectivity index (χ0n) is 16.2. The van der Waals surface area contributed by atoms with E-state index in [1.165, 1.54) is 16.4 Å². The van der Waals surface area contributed by atoms with E-state index in [0.717, 1.165) is 6.42 Å². The number of ether oxygens (including phenoxy) is 1. The van der Waals surface area contributed by atoms with Crippen LogP contribution in [0.2, 0.25) is 0 Å². The van der Waals surface area contributed by atoms with Crippen molar-refractivity contribution >= 4 is 27.6 Å². The fourth-order valence-electron chi connectivity index (χ4n) is 3.31. The number of carbonyl (C=O) groups excluding carboxylic acids is 2. The smallest absolute Gasteiger partial charge is 0.338 e. The highest BCUT2D eigenvalue weighted by Gasteiger charge is 2.37. The second kappa shape index (κ2) is 9.19. The molecule has 0 aromatic heterocycles. The number of anilines is 1. The van der Waals surface area contributed by atoms with Crippen LogP contribution in [0, 0.1) is 0 Å². The molecule has 1 atom stereocenters. The molecule has 1 fully saturated rings. The Morgan fingerprint density at radius 1 is 1.07 bits per heavy atom. The molecule has 1 heterocycles. The number of sulfonamides is 1. The predicted octanol–water partition coefficient (Wildman–Crippen LogP) is 3.05. The second-order valence-electron chi connectivity index (χ2n) is 6.73. The Labute approximate surface area is 170 Å². The van der Waals surface area contributed by atoms with Gasteiger partial charge in [-0.05, 0) is 56.2 Å². The lowest BCUT2D eigenvalue weighted by Crippen LogP contribution is -2.49. The van der Waals surface area contributed by atoms with Gasteiger partial charge in [0.05, 0.1) is 17.1 Å². The van der Waals surface area contributed by atoms with Crippen LogP contribution in [0.15, 0.2) is 59.5 Å². The number of carbonyl (C=O) groups is 2. The van der Waals surface area contributed by atoms with Gasteiger partial charge in [0.2, 0.25) is 15.9 Å². The Morgan fingerprint density at radius 2 is 1.76 bits per heavy atom. The number of hydrogen-bond donors (Lipinski definition) is 1. The number of nitrogens with one attached hydrogen (secondary N) is 1. The Morgan fingerprint density at radius 3 is 2.41 bits per heavy atom. The van der Waals surface area contributed by atoms with E-state index in [-0.39, 0.29) is 17.4 Å². The summed E-state index contributed by atoms with van der Waals surface area (Å²) >= 11 is 0. The maximum absolute atomic E-state index is 13.0. The molecular formula is C21H24N2O5S. The van der Waals surface area contributed by atoms with Crippen molar-refractivity contribution in [2.75, 3.05) is 18.5 Å². The van der Waals surface area contributed by atoms with Crippen molar-refractivity contribution in [3.05, 3.63) is 60.2 Å². The Bertz CT molecular complexity index is 958. The van der Waals surface area contributed by atoms with Gasteiger partial charge in [0.25, 0.3) is 0 Å². The normalized spacial score (nSPS) is 17.5. The third kappa shape index (κ3) is 4.83. The quantitative estimate of drug-likeness (QED) is 0.731. The van der Waals surface area contributed by atoms with E-state index in [0.29, 0.717) is 30.6 Å². The molecule has 1 N–H and O–H groups in total. The van der Waals surface area contributed by atoms with Gasteiger partial charge in [-0.25, -0.2) is 13.2 Å². The van der Waals surface area contributed by atoms with E-state index in [2.05, 4.69) is 5.32 Å². The van der Waals surface area contributed by atoms with Crippen molar-refractivity contribution < 1.29 is 22.7 Å². The molecule has 0 radical (unpaired) electrons. The van der Waals surface area contributed by atoms with Crippen molar-refractivity contribution in [3.8, 4) is 0 Å². The van der Waals surface area contributed by atoms with Gasteiger partial charge in [0.1, 0.15) is 6.04 Å². The highest BCUT2D eigenvalue weighted by molar-refractivity contribution is 7.89. The monoisotopic (exact) mass is 416 g/mol. The predicted molar refractivity (Wildman–Crippen MR) is 109 cm³/mol. The molecule has 154 valence electrons. The van der Waals surface area contributed by atoms with Gasteiger partial charge in [0.15, 0.2) is 0 Å². The van der Waals surface area contributed by atoms with Gasteiger partial charge in [-0.15, -0.1) is 0 Å². The van der Waals surface area contributed by atoms with E-state index in [1.807, 2.05) is 0 Å². The number of piperidine rings is 1. The maximum atomic E-state index is 13.0. The van der Waals surface area contributed by atoms with Crippen LogP contribution < -0.4 is 5.32 Å². The molecule has 0 spiro atoms. The second-order valence-corrected chi connectivity index (χ2v) is 8.62. The molecule has 1 aliphatic rings. The summed E-state index contributed by atoms with van der Waals surface area (Å²) in [5.41, 5.74) is 0.876. The SMILES string of the molecule is CCOC(=O)c1ccc(NC(=O)[C@H]2CCCCN2S(=O)(=O)c2ccccc2)cc1. The zero-order chi connectivity index (χ0) is 20.9. The number of nitrogens with zero attached hydrogens (tertiary/aromatic N) is 1. The van der Waals surface area contributed by atoms with Crippen LogP contribution in [0.4, 0.5) is 5.69 Å². The topological polar surface area (TPSA) is 92.8 Å². The molecular weight excluding hydrogens is 392 g/mol. The maximum Gasteiger partial charge on any atom is 0.338 e. The van der Waals surface area contributed by atoms with Gasteiger partial charge in [-0.1, -0.05) is 24.6 Å². The Balaban J connectivity index is 1.75. The van der Waals surface area contributed by atoms with Crippen molar-refractivity contribution in [3.63, 3.8) is 0 Å². The van der Waals surface area contributed by atoms with Gasteiger partial charge in [0, 0.05) is 12.2 Å². The summed E-state index contributed by atoms with van der Waals surface area (Å²) in [6, 6.07) is 13.7. The van der Waals surface area contributed by atoms with Crippen LogP contribution in [0.5, 0.6) is 0 Å². The van der Waals surface area contributed by atoms with Crippen LogP contribution >= 0.6 is 0 Å². The molecule has 1 saturated heterocycles. The molecule has 2 aromatic carbocycles. The molecule has 0 unspecified atom stereocenters. The van der Waals surface area contributed by atoms with Crippen molar-refractivity contribution in [2.45, 2.75) is 37.1 Å². The summed E-state index contributed by atoms with van der Waals surface area (Å²) in [7, 11) is -3.76. The summed E-state index contributed by atoms with van der Waals surface area (Å²) in [5, 5.41) is 2.77. The van der Waals surface area contributed by atoms with Gasteiger partial charge >= 0.3 is 5.97 Å². The first-order valence-electron chi connectivity index (χ1n) is 9.58. The van der Waals surface area contributed by atoms with E-state index in [9.17, 15) is 18.0 Å². The summed E-state index contributed by atoms with van der Waals surface area (Å²) in [6.07, 6.45) is 1.95. The molecule has 1 aliphatic heterocycles. The van der Waals surface area contributed by atoms with Gasteiger partial charge in [-0.2, -0.15) is 4.31 Å². The van der Waals surface area contributed by atoms with Gasteiger partial charge in [-0.3, -0.25) is 4.79 Å². The van der Waals surface area contributed by atoms with Crippen molar-refractivity contribution in [1.29, 1.82) is 0 Å². The zero-order valence-corrected chi connectivity index (χ0v) is 17.0. The molecule has 3 rings (SSSR count). The summed E-state index contributed by atoms with van der Waals surface area (Å²) in [5.74, 6) is -0.814. The first kappa shape index (κ1) is 21.0. The van der Waals surface area contributed by atoms with E-state index in [4.69, 9.17) is 4.74 Å². The summed E-state index contributed by atoms with van der Waals surface area (Å²) in [6.45, 7) is 2.31. The lowest BCUT2D eigenvalue weighted by Gasteiger charge is -2.33. The number of benzene rings is 2. The van der Waals surface area contributed by atoms with Gasteiger partial charge < -0.3 is 10.1 Å². The molecule has 7 nitrogen and oxygen atoms in total. The lowest BCUT2D eigenvalue weighted by molar-refractivity contribution is -0.120. The fourth-order valence-corrected chi connectivity index (χ4v) is 4.99. The van der Waals surface area contributed by atoms with Crippen LogP contribution in [0.1, 0.15) is 36.5 Å². The molecule has 0 aliphatic carbocycles. The van der Waals surface area contributed by atoms with Crippen molar-refractivity contribution in [1.82, 2.24) is 4.31 Å². The Kier molecular flexibility index (Phi) is 6.66. The standard InChI is InChI=1S/C21H24N2O5S/c1-2-28-21(25)16-11-13-17(14-12-16)22-20(24)19-10-6-7-15-23(19)29(26,27)18-8-4-3-5-9-18/h3-5,8-9,11-14,19H,2,6-7,10,15H2,1H3,(H,22,24)/t19-/m1/s1. The van der Waals surface area contributed by atoms with Crippen molar-refractivity contribution in [2.24, 2.45) is 0 Å². The number of esters is 1. The molecule has 1 amide bonds. The van der Waals surface area contributed by atoms with Crippen LogP contribution in [0.3, 0.4) is 0 Å². The highest BCUT2D eigenvalue weighted by Crippen LogP contribution is 2.26. The number of rotatable bonds is 6. The molecule has 0 saturated carbocycles. The average molecular weight is 416 g/mol. The Hall–Kier alpha value is -2.71. The molecule has 29 heavy (non-hydrogen) atoms. The van der Waals surface area contributed by atoms with Crippen LogP contribution in [0.25, 0.3) is 0 Å². The summed E-state index contributed by atoms with van der Waals surface area (Å²) < 4.78 is 32.3. The third-order valence-electron chi connectivity index (χ3n) is 4.77. The number of hydrogen-bond acceptors (Lipinski definition) is 5. The average Bonchev–Trinajstić information content (AvgIpc) is 2.75. The highest BCUT2D eigenvalue weighted by atomic mass is 32.2. The summed E-state index contributed by atoms with van der Waals surface area (Å²) in [4.78, 5) is 24.8. The fraction of sp³-hybridized carbons (Fsp3) is 0.333. The van der Waals surface area contributed by atoms with Crippen LogP contribution in [-0.4, -0.2) is 43.8 Å². The van der Waals surface area contributed by atoms with E-state index >= 15 is 0 Å². The first-order chi connectivity index (χ1) is 13.9.